The van der Waals surface area contributed by atoms with Gasteiger partial charge in [-0.25, -0.2) is 0 Å². The van der Waals surface area contributed by atoms with Gasteiger partial charge in [-0.3, -0.25) is 0 Å². The van der Waals surface area contributed by atoms with Crippen LogP contribution in [0.1, 0.15) is 0 Å². The molecule has 4 radical (unpaired) electrons. The van der Waals surface area contributed by atoms with Gasteiger partial charge in [0, 0.05) is 7.43 Å². The third-order valence-electron chi connectivity index (χ3n) is 0. The van der Waals surface area contributed by atoms with Crippen molar-refractivity contribution in [1.29, 1.82) is 0 Å². The van der Waals surface area contributed by atoms with Crippen LogP contribution in [0.15, 0.2) is 0 Å². The summed E-state index contributed by atoms with van der Waals surface area (Å²) in [4.78, 5) is 0. The number of alkyl halides is 4. The molecule has 0 atom stereocenters. The van der Waals surface area contributed by atoms with E-state index in [1.165, 1.54) is 0 Å². The first-order valence-corrected chi connectivity index (χ1v) is 2.68. The quantitative estimate of drug-likeness (QED) is 0.539. The summed E-state index contributed by atoms with van der Waals surface area (Å²) >= 11 is 17.6. The van der Waals surface area contributed by atoms with Crippen LogP contribution in [0.25, 0.3) is 0 Å². The molecule has 0 aliphatic rings. The molecule has 0 aromatic heterocycles. The summed E-state index contributed by atoms with van der Waals surface area (Å²) in [5.41, 5.74) is 0. The van der Waals surface area contributed by atoms with Crippen molar-refractivity contribution in [2.24, 2.45) is 0 Å². The van der Waals surface area contributed by atoms with E-state index in [2.05, 4.69) is 15.9 Å². The largest absolute Gasteiger partial charge is 0.245 e. The van der Waals surface area contributed by atoms with Gasteiger partial charge in [-0.1, -0.05) is 34.8 Å². The predicted molar refractivity (Wildman–Crippen MR) is 32.5 cm³/mol. The summed E-state index contributed by atoms with van der Waals surface area (Å²) in [5.74, 6) is 0. The zero-order valence-electron chi connectivity index (χ0n) is 2.51. The van der Waals surface area contributed by atoms with Crippen molar-refractivity contribution in [3.05, 3.63) is 7.43 Å². The van der Waals surface area contributed by atoms with Gasteiger partial charge in [-0.15, -0.1) is 0 Å². The molecule has 0 rings (SSSR count). The molecule has 0 aliphatic heterocycles. The van der Waals surface area contributed by atoms with Gasteiger partial charge >= 0.3 is 0 Å². The average molecular weight is 210 g/mol. The van der Waals surface area contributed by atoms with Crippen LogP contribution in [0.2, 0.25) is 0 Å². The van der Waals surface area contributed by atoms with Gasteiger partial charge in [0.25, 0.3) is 0 Å². The van der Waals surface area contributed by atoms with E-state index >= 15 is 0 Å². The Morgan fingerprint density at radius 1 is 1.17 bits per heavy atom. The molecule has 6 heavy (non-hydrogen) atoms. The Morgan fingerprint density at radius 3 is 1.17 bits per heavy atom. The zero-order valence-corrected chi connectivity index (χ0v) is 6.37. The van der Waals surface area contributed by atoms with Crippen LogP contribution in [-0.2, 0) is 0 Å². The number of halogens is 4. The molecule has 36 valence electrons. The summed E-state index contributed by atoms with van der Waals surface area (Å²) < 4.78 is -1.27. The molecule has 0 saturated carbocycles. The summed E-state index contributed by atoms with van der Waals surface area (Å²) in [6, 6.07) is 0. The standard InChI is InChI=1S/CBrCl3.C/c2-1(3,4)5;. The van der Waals surface area contributed by atoms with Gasteiger partial charge in [0.1, 0.15) is 0 Å². The first kappa shape index (κ1) is 10.4. The maximum Gasteiger partial charge on any atom is 0.245 e. The van der Waals surface area contributed by atoms with E-state index in [9.17, 15) is 0 Å². The van der Waals surface area contributed by atoms with E-state index in [-0.39, 0.29) is 7.43 Å². The Kier molecular flexibility index (Phi) is 5.81. The van der Waals surface area contributed by atoms with E-state index in [1.54, 1.807) is 0 Å². The molecule has 0 aromatic rings. The van der Waals surface area contributed by atoms with Crippen molar-refractivity contribution in [3.63, 3.8) is 0 Å². The normalized spacial score (nSPS) is 10.0. The topological polar surface area (TPSA) is 0 Å². The summed E-state index contributed by atoms with van der Waals surface area (Å²) in [5, 5.41) is 0. The Labute approximate surface area is 60.9 Å². The second-order valence-electron chi connectivity index (χ2n) is 0.429. The zero-order chi connectivity index (χ0) is 4.50. The highest BCUT2D eigenvalue weighted by atomic mass is 79.9. The Bertz CT molecular complexity index is 24.3. The van der Waals surface area contributed by atoms with Crippen LogP contribution in [0, 0.1) is 7.43 Å². The fraction of sp³-hybridized carbons (Fsp3) is 0.500. The smallest absolute Gasteiger partial charge is 0.0713 e. The molecular formula is C2BrCl3. The highest BCUT2D eigenvalue weighted by molar-refractivity contribution is 9.11. The maximum absolute atomic E-state index is 4.98. The van der Waals surface area contributed by atoms with Crippen molar-refractivity contribution >= 4 is 50.7 Å². The monoisotopic (exact) mass is 208 g/mol. The van der Waals surface area contributed by atoms with Crippen LogP contribution < -0.4 is 0 Å². The minimum absolute atomic E-state index is 0. The molecule has 4 heteroatoms. The van der Waals surface area contributed by atoms with Crippen LogP contribution in [-0.4, -0.2) is 2.70 Å². The minimum Gasteiger partial charge on any atom is -0.0713 e. The van der Waals surface area contributed by atoms with E-state index in [0.717, 1.165) is 0 Å². The third kappa shape index (κ3) is 55.5. The predicted octanol–water partition coefficient (Wildman–Crippen LogP) is 2.79. The molecule has 0 amide bonds. The molecule has 0 N–H and O–H groups in total. The Hall–Kier alpha value is 1.35. The second-order valence-corrected chi connectivity index (χ2v) is 5.27. The number of rotatable bonds is 0. The highest BCUT2D eigenvalue weighted by Crippen LogP contribution is 2.32. The van der Waals surface area contributed by atoms with Crippen molar-refractivity contribution in [2.45, 2.75) is 2.70 Å². The Balaban J connectivity index is 0. The second kappa shape index (κ2) is 3.36. The fourth-order valence-electron chi connectivity index (χ4n) is 0. The van der Waals surface area contributed by atoms with E-state index in [0.29, 0.717) is 0 Å². The Morgan fingerprint density at radius 2 is 1.17 bits per heavy atom. The first-order chi connectivity index (χ1) is 2.00. The van der Waals surface area contributed by atoms with Crippen LogP contribution in [0.3, 0.4) is 0 Å². The van der Waals surface area contributed by atoms with Gasteiger partial charge in [0.05, 0.1) is 0 Å². The van der Waals surface area contributed by atoms with Crippen LogP contribution >= 0.6 is 50.7 Å². The summed E-state index contributed by atoms with van der Waals surface area (Å²) in [6.07, 6.45) is 0. The van der Waals surface area contributed by atoms with E-state index in [4.69, 9.17) is 34.8 Å². The lowest BCUT2D eigenvalue weighted by atomic mass is 11.9. The molecule has 0 fully saturated rings. The van der Waals surface area contributed by atoms with Gasteiger partial charge in [0.2, 0.25) is 2.70 Å². The lowest BCUT2D eigenvalue weighted by Crippen LogP contribution is -1.79. The van der Waals surface area contributed by atoms with Crippen LogP contribution in [0.5, 0.6) is 0 Å². The molecule has 0 heterocycles. The summed E-state index contributed by atoms with van der Waals surface area (Å²) in [7, 11) is 0. The number of hydrogen-bond acceptors (Lipinski definition) is 0. The lowest BCUT2D eigenvalue weighted by molar-refractivity contribution is 1.84. The highest BCUT2D eigenvalue weighted by Gasteiger charge is 2.10. The van der Waals surface area contributed by atoms with E-state index < -0.39 is 2.70 Å². The molecule has 0 unspecified atom stereocenters. The molecule has 0 aliphatic carbocycles. The van der Waals surface area contributed by atoms with Gasteiger partial charge in [-0.05, 0) is 15.9 Å². The van der Waals surface area contributed by atoms with Gasteiger partial charge in [0.15, 0.2) is 0 Å². The third-order valence-corrected chi connectivity index (χ3v) is 0. The molecule has 0 nitrogen and oxygen atoms in total. The SMILES string of the molecule is ClC(Cl)(Cl)Br.[C]. The van der Waals surface area contributed by atoms with Crippen molar-refractivity contribution in [3.8, 4) is 0 Å². The van der Waals surface area contributed by atoms with Gasteiger partial charge < -0.3 is 0 Å². The molecule has 0 bridgehead atoms. The first-order valence-electron chi connectivity index (χ1n) is 0.756. The van der Waals surface area contributed by atoms with Crippen molar-refractivity contribution in [2.75, 3.05) is 0 Å². The maximum atomic E-state index is 4.98. The number of hydrogen-bond donors (Lipinski definition) is 0. The van der Waals surface area contributed by atoms with Crippen molar-refractivity contribution in [1.82, 2.24) is 0 Å². The minimum atomic E-state index is -1.27. The van der Waals surface area contributed by atoms with E-state index in [1.807, 2.05) is 0 Å². The molecule has 0 spiro atoms. The average Bonchev–Trinajstić information content (AvgIpc) is 0.722. The van der Waals surface area contributed by atoms with Crippen LogP contribution in [0.4, 0.5) is 0 Å². The van der Waals surface area contributed by atoms with Crippen molar-refractivity contribution < 1.29 is 0 Å². The lowest BCUT2D eigenvalue weighted by Gasteiger charge is -1.91. The fourth-order valence-corrected chi connectivity index (χ4v) is 0. The van der Waals surface area contributed by atoms with Gasteiger partial charge in [-0.2, -0.15) is 0 Å². The molecule has 0 saturated heterocycles. The summed E-state index contributed by atoms with van der Waals surface area (Å²) in [6.45, 7) is 0. The molecule has 0 aromatic carbocycles. The molecular weight excluding hydrogens is 210 g/mol.